The van der Waals surface area contributed by atoms with Gasteiger partial charge in [0.15, 0.2) is 0 Å². The van der Waals surface area contributed by atoms with Gasteiger partial charge in [-0.25, -0.2) is 4.79 Å². The normalized spacial score (nSPS) is 11.4. The number of hydrogen-bond acceptors (Lipinski definition) is 2. The van der Waals surface area contributed by atoms with Crippen LogP contribution in [0.5, 0.6) is 0 Å². The van der Waals surface area contributed by atoms with Crippen LogP contribution in [0.1, 0.15) is 43.5 Å². The lowest BCUT2D eigenvalue weighted by atomic mass is 10.2. The average molecular weight is 302 g/mol. The van der Waals surface area contributed by atoms with Crippen LogP contribution in [-0.2, 0) is 6.54 Å². The van der Waals surface area contributed by atoms with Gasteiger partial charge in [-0.15, -0.1) is 0 Å². The molecule has 0 spiro atoms. The first-order chi connectivity index (χ1) is 10.7. The van der Waals surface area contributed by atoms with Crippen LogP contribution < -0.4 is 0 Å². The second kappa shape index (κ2) is 7.99. The van der Waals surface area contributed by atoms with Crippen molar-refractivity contribution in [3.63, 3.8) is 0 Å². The smallest absolute Gasteiger partial charge is 0.337 e. The highest BCUT2D eigenvalue weighted by Crippen LogP contribution is 2.21. The number of unbranched alkanes of at least 4 members (excludes halogenated alkanes) is 2. The van der Waals surface area contributed by atoms with Crippen molar-refractivity contribution in [1.29, 1.82) is 0 Å². The molecule has 2 rings (SSSR count). The molecule has 4 nitrogen and oxygen atoms in total. The number of rotatable bonds is 9. The molecule has 1 aromatic heterocycles. The molecule has 0 saturated carbocycles. The Hall–Kier alpha value is -1.81. The first-order valence-electron chi connectivity index (χ1n) is 8.20. The van der Waals surface area contributed by atoms with E-state index in [2.05, 4.69) is 23.3 Å². The van der Waals surface area contributed by atoms with E-state index in [9.17, 15) is 9.90 Å². The predicted octanol–water partition coefficient (Wildman–Crippen LogP) is 3.85. The second-order valence-electron chi connectivity index (χ2n) is 5.70. The number of fused-ring (bicyclic) bond motifs is 1. The summed E-state index contributed by atoms with van der Waals surface area (Å²) < 4.78 is 2.07. The fourth-order valence-electron chi connectivity index (χ4n) is 2.86. The topological polar surface area (TPSA) is 45.5 Å². The minimum absolute atomic E-state index is 0.393. The molecule has 0 aliphatic heterocycles. The number of aromatic carboxylic acids is 1. The highest BCUT2D eigenvalue weighted by Gasteiger charge is 2.13. The Bertz CT molecular complexity index is 619. The number of likely N-dealkylation sites (N-methyl/N-ethyl adjacent to an activating group) is 1. The Labute approximate surface area is 132 Å². The van der Waals surface area contributed by atoms with Crippen LogP contribution in [0.4, 0.5) is 0 Å². The van der Waals surface area contributed by atoms with E-state index in [1.807, 2.05) is 24.3 Å². The molecule has 1 aromatic carbocycles. The molecule has 0 aliphatic carbocycles. The fraction of sp³-hybridized carbons (Fsp3) is 0.500. The van der Waals surface area contributed by atoms with Crippen LogP contribution in [0.25, 0.3) is 10.9 Å². The molecule has 1 heterocycles. The largest absolute Gasteiger partial charge is 0.478 e. The molecule has 120 valence electrons. The number of para-hydroxylation sites is 1. The first-order valence-corrected chi connectivity index (χ1v) is 8.20. The molecule has 0 radical (unpaired) electrons. The van der Waals surface area contributed by atoms with Crippen molar-refractivity contribution in [3.05, 3.63) is 36.0 Å². The maximum atomic E-state index is 11.4. The van der Waals surface area contributed by atoms with E-state index in [1.54, 1.807) is 6.20 Å². The summed E-state index contributed by atoms with van der Waals surface area (Å²) in [5, 5.41) is 10.2. The quantitative estimate of drug-likeness (QED) is 0.716. The van der Waals surface area contributed by atoms with E-state index in [-0.39, 0.29) is 0 Å². The summed E-state index contributed by atoms with van der Waals surface area (Å²) >= 11 is 0. The standard InChI is InChI=1S/C18H26N2O2/c1-3-5-8-11-19(4-2)12-13-20-14-16(18(21)22)15-9-6-7-10-17(15)20/h6-7,9-10,14H,3-5,8,11-13H2,1-2H3,(H,21,22). The highest BCUT2D eigenvalue weighted by atomic mass is 16.4. The van der Waals surface area contributed by atoms with Crippen LogP contribution in [-0.4, -0.2) is 40.2 Å². The molecule has 0 saturated heterocycles. The number of nitrogens with zero attached hydrogens (tertiary/aromatic N) is 2. The minimum atomic E-state index is -0.856. The Balaban J connectivity index is 2.09. The van der Waals surface area contributed by atoms with Crippen molar-refractivity contribution >= 4 is 16.9 Å². The zero-order valence-corrected chi connectivity index (χ0v) is 13.6. The summed E-state index contributed by atoms with van der Waals surface area (Å²) in [6.07, 6.45) is 5.51. The minimum Gasteiger partial charge on any atom is -0.478 e. The molecule has 4 heteroatoms. The van der Waals surface area contributed by atoms with Crippen molar-refractivity contribution in [1.82, 2.24) is 9.47 Å². The number of aromatic nitrogens is 1. The van der Waals surface area contributed by atoms with Crippen LogP contribution in [0.15, 0.2) is 30.5 Å². The van der Waals surface area contributed by atoms with E-state index in [1.165, 1.54) is 19.3 Å². The Morgan fingerprint density at radius 3 is 2.64 bits per heavy atom. The van der Waals surface area contributed by atoms with Crippen molar-refractivity contribution in [3.8, 4) is 0 Å². The summed E-state index contributed by atoms with van der Waals surface area (Å²) in [6, 6.07) is 7.73. The van der Waals surface area contributed by atoms with Crippen LogP contribution in [0, 0.1) is 0 Å². The van der Waals surface area contributed by atoms with Crippen LogP contribution >= 0.6 is 0 Å². The number of hydrogen-bond donors (Lipinski definition) is 1. The monoisotopic (exact) mass is 302 g/mol. The highest BCUT2D eigenvalue weighted by molar-refractivity contribution is 6.03. The lowest BCUT2D eigenvalue weighted by Crippen LogP contribution is -2.28. The number of carbonyl (C=O) groups is 1. The summed E-state index contributed by atoms with van der Waals surface area (Å²) in [5.41, 5.74) is 1.40. The van der Waals surface area contributed by atoms with Gasteiger partial charge in [-0.05, 0) is 25.6 Å². The van der Waals surface area contributed by atoms with Crippen molar-refractivity contribution in [2.75, 3.05) is 19.6 Å². The maximum Gasteiger partial charge on any atom is 0.337 e. The molecular weight excluding hydrogens is 276 g/mol. The van der Waals surface area contributed by atoms with Gasteiger partial charge >= 0.3 is 5.97 Å². The van der Waals surface area contributed by atoms with Gasteiger partial charge in [0.2, 0.25) is 0 Å². The van der Waals surface area contributed by atoms with Gasteiger partial charge in [0.1, 0.15) is 0 Å². The molecule has 1 N–H and O–H groups in total. The lowest BCUT2D eigenvalue weighted by Gasteiger charge is -2.20. The number of benzene rings is 1. The first kappa shape index (κ1) is 16.6. The van der Waals surface area contributed by atoms with E-state index < -0.39 is 5.97 Å². The van der Waals surface area contributed by atoms with Gasteiger partial charge in [0.05, 0.1) is 5.56 Å². The van der Waals surface area contributed by atoms with Crippen LogP contribution in [0.3, 0.4) is 0 Å². The molecule has 0 bridgehead atoms. The van der Waals surface area contributed by atoms with Gasteiger partial charge < -0.3 is 14.6 Å². The van der Waals surface area contributed by atoms with Crippen molar-refractivity contribution in [2.45, 2.75) is 39.7 Å². The van der Waals surface area contributed by atoms with Gasteiger partial charge in [-0.3, -0.25) is 0 Å². The van der Waals surface area contributed by atoms with Gasteiger partial charge in [-0.2, -0.15) is 0 Å². The molecule has 0 fully saturated rings. The van der Waals surface area contributed by atoms with Gasteiger partial charge in [-0.1, -0.05) is 44.9 Å². The number of carboxylic acids is 1. The lowest BCUT2D eigenvalue weighted by molar-refractivity contribution is 0.0698. The molecule has 0 aliphatic rings. The fourth-order valence-corrected chi connectivity index (χ4v) is 2.86. The Morgan fingerprint density at radius 2 is 1.95 bits per heavy atom. The molecule has 0 atom stereocenters. The van der Waals surface area contributed by atoms with Crippen LogP contribution in [0.2, 0.25) is 0 Å². The summed E-state index contributed by atoms with van der Waals surface area (Å²) in [5.74, 6) is -0.856. The zero-order valence-electron chi connectivity index (χ0n) is 13.6. The third kappa shape index (κ3) is 3.89. The molecule has 0 unspecified atom stereocenters. The summed E-state index contributed by atoms with van der Waals surface area (Å²) in [6.45, 7) is 8.34. The average Bonchev–Trinajstić information content (AvgIpc) is 2.90. The van der Waals surface area contributed by atoms with Crippen molar-refractivity contribution < 1.29 is 9.90 Å². The molecule has 22 heavy (non-hydrogen) atoms. The molecule has 0 amide bonds. The number of carboxylic acid groups (broad SMARTS) is 1. The van der Waals surface area contributed by atoms with E-state index >= 15 is 0 Å². The maximum absolute atomic E-state index is 11.4. The second-order valence-corrected chi connectivity index (χ2v) is 5.70. The predicted molar refractivity (Wildman–Crippen MR) is 90.5 cm³/mol. The Morgan fingerprint density at radius 1 is 1.18 bits per heavy atom. The SMILES string of the molecule is CCCCCN(CC)CCn1cc(C(=O)O)c2ccccc21. The van der Waals surface area contributed by atoms with Crippen molar-refractivity contribution in [2.24, 2.45) is 0 Å². The molecule has 2 aromatic rings. The van der Waals surface area contributed by atoms with E-state index in [0.717, 1.165) is 37.1 Å². The zero-order chi connectivity index (χ0) is 15.9. The third-order valence-electron chi connectivity index (χ3n) is 4.20. The van der Waals surface area contributed by atoms with E-state index in [0.29, 0.717) is 5.56 Å². The third-order valence-corrected chi connectivity index (χ3v) is 4.20. The summed E-state index contributed by atoms with van der Waals surface area (Å²) in [4.78, 5) is 13.8. The van der Waals surface area contributed by atoms with Gasteiger partial charge in [0.25, 0.3) is 0 Å². The van der Waals surface area contributed by atoms with Gasteiger partial charge in [0, 0.05) is 30.2 Å². The Kier molecular flexibility index (Phi) is 6.01. The molecular formula is C18H26N2O2. The van der Waals surface area contributed by atoms with E-state index in [4.69, 9.17) is 0 Å². The summed E-state index contributed by atoms with van der Waals surface area (Å²) in [7, 11) is 0.